The lowest BCUT2D eigenvalue weighted by molar-refractivity contribution is -0.118. The second-order valence-electron chi connectivity index (χ2n) is 7.20. The van der Waals surface area contributed by atoms with E-state index < -0.39 is 0 Å². The number of hydrazone groups is 1. The van der Waals surface area contributed by atoms with Crippen molar-refractivity contribution in [1.82, 2.24) is 25.2 Å². The van der Waals surface area contributed by atoms with Gasteiger partial charge in [-0.3, -0.25) is 14.3 Å². The van der Waals surface area contributed by atoms with Gasteiger partial charge in [0.2, 0.25) is 0 Å². The number of aromatic nitrogens is 4. The van der Waals surface area contributed by atoms with Gasteiger partial charge in [-0.25, -0.2) is 5.43 Å². The van der Waals surface area contributed by atoms with Crippen LogP contribution in [0.1, 0.15) is 19.4 Å². The molecule has 34 heavy (non-hydrogen) atoms. The predicted molar refractivity (Wildman–Crippen MR) is 133 cm³/mol. The molecule has 0 radical (unpaired) electrons. The number of nitrogens with one attached hydrogen (secondary N) is 1. The number of amides is 1. The summed E-state index contributed by atoms with van der Waals surface area (Å²) in [5, 5.41) is 13.5. The maximum Gasteiger partial charge on any atom is 0.250 e. The highest BCUT2D eigenvalue weighted by atomic mass is 32.2. The number of hydrogen-bond acceptors (Lipinski definition) is 7. The molecule has 2 aromatic heterocycles. The summed E-state index contributed by atoms with van der Waals surface area (Å²) < 4.78 is 7.47. The Balaban J connectivity index is 1.53. The first-order valence-electron chi connectivity index (χ1n) is 10.8. The maximum absolute atomic E-state index is 12.5. The van der Waals surface area contributed by atoms with Crippen molar-refractivity contribution in [2.24, 2.45) is 5.10 Å². The number of nitrogens with zero attached hydrogens (tertiary/aromatic N) is 5. The van der Waals surface area contributed by atoms with E-state index in [2.05, 4.69) is 25.7 Å². The van der Waals surface area contributed by atoms with Crippen molar-refractivity contribution in [3.63, 3.8) is 0 Å². The fraction of sp³-hybridized carbons (Fsp3) is 0.160. The van der Waals surface area contributed by atoms with Crippen molar-refractivity contribution in [2.75, 3.05) is 12.4 Å². The quantitative estimate of drug-likeness (QED) is 0.221. The van der Waals surface area contributed by atoms with Gasteiger partial charge in [-0.15, -0.1) is 10.2 Å². The summed E-state index contributed by atoms with van der Waals surface area (Å²) in [6.07, 6.45) is 3.44. The highest BCUT2D eigenvalue weighted by Gasteiger charge is 2.17. The van der Waals surface area contributed by atoms with Gasteiger partial charge in [-0.2, -0.15) is 5.10 Å². The Hall–Kier alpha value is -3.98. The summed E-state index contributed by atoms with van der Waals surface area (Å²) in [6, 6.07) is 21.1. The van der Waals surface area contributed by atoms with Crippen LogP contribution >= 0.6 is 11.8 Å². The minimum Gasteiger partial charge on any atom is -0.494 e. The molecule has 4 rings (SSSR count). The van der Waals surface area contributed by atoms with E-state index in [0.29, 0.717) is 17.6 Å². The van der Waals surface area contributed by atoms with Crippen LogP contribution in [0.3, 0.4) is 0 Å². The average molecular weight is 473 g/mol. The van der Waals surface area contributed by atoms with Crippen molar-refractivity contribution in [1.29, 1.82) is 0 Å². The number of carbonyl (C=O) groups excluding carboxylic acids is 1. The molecule has 8 nitrogen and oxygen atoms in total. The lowest BCUT2D eigenvalue weighted by Gasteiger charge is -2.11. The van der Waals surface area contributed by atoms with Crippen molar-refractivity contribution in [2.45, 2.75) is 19.0 Å². The third-order valence-electron chi connectivity index (χ3n) is 4.83. The molecule has 9 heteroatoms. The van der Waals surface area contributed by atoms with Crippen LogP contribution in [-0.4, -0.2) is 43.7 Å². The van der Waals surface area contributed by atoms with Gasteiger partial charge in [-0.05, 0) is 55.8 Å². The van der Waals surface area contributed by atoms with Gasteiger partial charge in [0.15, 0.2) is 11.0 Å². The van der Waals surface area contributed by atoms with Crippen LogP contribution in [0.2, 0.25) is 0 Å². The highest BCUT2D eigenvalue weighted by molar-refractivity contribution is 7.99. The van der Waals surface area contributed by atoms with Crippen LogP contribution < -0.4 is 10.2 Å². The maximum atomic E-state index is 12.5. The summed E-state index contributed by atoms with van der Waals surface area (Å²) in [4.78, 5) is 16.7. The first kappa shape index (κ1) is 23.2. The molecular formula is C25H24N6O2S. The number of carbonyl (C=O) groups is 1. The number of thioether (sulfide) groups is 1. The summed E-state index contributed by atoms with van der Waals surface area (Å²) >= 11 is 1.28. The third-order valence-corrected chi connectivity index (χ3v) is 5.76. The van der Waals surface area contributed by atoms with E-state index in [1.807, 2.05) is 85.1 Å². The fourth-order valence-electron chi connectivity index (χ4n) is 3.19. The van der Waals surface area contributed by atoms with Crippen LogP contribution in [0.4, 0.5) is 0 Å². The van der Waals surface area contributed by atoms with E-state index in [-0.39, 0.29) is 11.7 Å². The zero-order valence-corrected chi connectivity index (χ0v) is 19.7. The Kier molecular flexibility index (Phi) is 7.67. The molecule has 1 amide bonds. The van der Waals surface area contributed by atoms with Gasteiger partial charge < -0.3 is 4.74 Å². The Morgan fingerprint density at radius 3 is 2.56 bits per heavy atom. The van der Waals surface area contributed by atoms with Crippen LogP contribution in [-0.2, 0) is 4.79 Å². The normalized spacial score (nSPS) is 11.3. The molecule has 2 aromatic carbocycles. The van der Waals surface area contributed by atoms with Gasteiger partial charge in [0.05, 0.1) is 18.1 Å². The van der Waals surface area contributed by atoms with Crippen molar-refractivity contribution >= 4 is 23.4 Å². The molecule has 0 unspecified atom stereocenters. The Morgan fingerprint density at radius 2 is 1.85 bits per heavy atom. The van der Waals surface area contributed by atoms with Crippen LogP contribution in [0, 0.1) is 0 Å². The minimum atomic E-state index is -0.232. The first-order chi connectivity index (χ1) is 16.7. The predicted octanol–water partition coefficient (Wildman–Crippen LogP) is 4.36. The number of benzene rings is 2. The Bertz CT molecular complexity index is 1260. The summed E-state index contributed by atoms with van der Waals surface area (Å²) in [7, 11) is 0. The van der Waals surface area contributed by atoms with Crippen LogP contribution in [0.5, 0.6) is 5.75 Å². The number of rotatable bonds is 9. The molecule has 0 spiro atoms. The van der Waals surface area contributed by atoms with Crippen molar-refractivity contribution in [3.05, 3.63) is 84.7 Å². The zero-order valence-electron chi connectivity index (χ0n) is 18.9. The lowest BCUT2D eigenvalue weighted by atomic mass is 10.1. The number of ether oxygens (including phenoxy) is 1. The van der Waals surface area contributed by atoms with Crippen molar-refractivity contribution in [3.8, 4) is 22.8 Å². The molecule has 0 fully saturated rings. The molecule has 0 aliphatic heterocycles. The van der Waals surface area contributed by atoms with Gasteiger partial charge in [0.25, 0.3) is 5.91 Å². The van der Waals surface area contributed by atoms with Gasteiger partial charge in [0, 0.05) is 23.6 Å². The zero-order chi connectivity index (χ0) is 23.8. The van der Waals surface area contributed by atoms with Crippen LogP contribution in [0.25, 0.3) is 17.1 Å². The van der Waals surface area contributed by atoms with E-state index in [9.17, 15) is 4.79 Å². The summed E-state index contributed by atoms with van der Waals surface area (Å²) in [5.74, 6) is 1.32. The van der Waals surface area contributed by atoms with Gasteiger partial charge >= 0.3 is 0 Å². The summed E-state index contributed by atoms with van der Waals surface area (Å²) in [5.41, 5.74) is 5.97. The Morgan fingerprint density at radius 1 is 1.06 bits per heavy atom. The SMILES string of the molecule is CCOc1ccc(-n2c(SCC(=O)N/N=C(\C)c3ccccc3)nnc2-c2cccnc2)cc1. The highest BCUT2D eigenvalue weighted by Crippen LogP contribution is 2.28. The van der Waals surface area contributed by atoms with Gasteiger partial charge in [0.1, 0.15) is 5.75 Å². The molecule has 0 aliphatic rings. The monoisotopic (exact) mass is 472 g/mol. The molecule has 1 N–H and O–H groups in total. The fourth-order valence-corrected chi connectivity index (χ4v) is 3.93. The third kappa shape index (κ3) is 5.68. The first-order valence-corrected chi connectivity index (χ1v) is 11.7. The second-order valence-corrected chi connectivity index (χ2v) is 8.14. The topological polar surface area (TPSA) is 94.3 Å². The Labute approximate surface area is 202 Å². The molecule has 0 saturated carbocycles. The van der Waals surface area contributed by atoms with E-state index in [1.54, 1.807) is 12.4 Å². The molecule has 4 aromatic rings. The number of hydrogen-bond donors (Lipinski definition) is 1. The van der Waals surface area contributed by atoms with E-state index in [0.717, 1.165) is 28.3 Å². The smallest absolute Gasteiger partial charge is 0.250 e. The molecule has 0 aliphatic carbocycles. The largest absolute Gasteiger partial charge is 0.494 e. The van der Waals surface area contributed by atoms with E-state index >= 15 is 0 Å². The number of pyridine rings is 1. The average Bonchev–Trinajstić information content (AvgIpc) is 3.31. The second kappa shape index (κ2) is 11.2. The molecule has 172 valence electrons. The minimum absolute atomic E-state index is 0.133. The van der Waals surface area contributed by atoms with Crippen LogP contribution in [0.15, 0.2) is 89.4 Å². The molecule has 0 atom stereocenters. The molecule has 0 bridgehead atoms. The standard InChI is InChI=1S/C25H24N6O2S/c1-3-33-22-13-11-21(12-14-22)31-24(20-10-7-15-26-16-20)29-30-25(31)34-17-23(32)28-27-18(2)19-8-5-4-6-9-19/h4-16H,3,17H2,1-2H3,(H,28,32)/b27-18+. The van der Waals surface area contributed by atoms with Crippen molar-refractivity contribution < 1.29 is 9.53 Å². The van der Waals surface area contributed by atoms with E-state index in [1.165, 1.54) is 11.8 Å². The van der Waals surface area contributed by atoms with E-state index in [4.69, 9.17) is 4.74 Å². The lowest BCUT2D eigenvalue weighted by Crippen LogP contribution is -2.21. The molecule has 2 heterocycles. The molecular weight excluding hydrogens is 448 g/mol. The molecule has 0 saturated heterocycles. The van der Waals surface area contributed by atoms with Gasteiger partial charge in [-0.1, -0.05) is 42.1 Å². The summed E-state index contributed by atoms with van der Waals surface area (Å²) in [6.45, 7) is 4.39.